The van der Waals surface area contributed by atoms with E-state index in [1.165, 1.54) is 0 Å². The molecule has 1 fully saturated rings. The lowest BCUT2D eigenvalue weighted by molar-refractivity contribution is -0.132. The van der Waals surface area contributed by atoms with Crippen molar-refractivity contribution in [1.82, 2.24) is 9.80 Å². The van der Waals surface area contributed by atoms with Crippen LogP contribution in [0.1, 0.15) is 28.8 Å². The van der Waals surface area contributed by atoms with E-state index >= 15 is 0 Å². The first kappa shape index (κ1) is 17.4. The topological polar surface area (TPSA) is 75.9 Å². The molecular weight excluding hydrogens is 294 g/mol. The zero-order valence-corrected chi connectivity index (χ0v) is 14.0. The van der Waals surface area contributed by atoms with Gasteiger partial charge in [-0.2, -0.15) is 0 Å². The summed E-state index contributed by atoms with van der Waals surface area (Å²) < 4.78 is 5.25. The van der Waals surface area contributed by atoms with E-state index in [9.17, 15) is 9.59 Å². The normalized spacial score (nSPS) is 21.3. The average Bonchev–Trinajstić information content (AvgIpc) is 2.91. The van der Waals surface area contributed by atoms with Crippen molar-refractivity contribution < 1.29 is 14.3 Å². The number of methoxy groups -OCH3 is 1. The van der Waals surface area contributed by atoms with Gasteiger partial charge in [0.1, 0.15) is 5.54 Å². The van der Waals surface area contributed by atoms with Gasteiger partial charge in [0.15, 0.2) is 0 Å². The predicted octanol–water partition coefficient (Wildman–Crippen LogP) is 0.855. The number of likely N-dealkylation sites (tertiary alicyclic amines) is 1. The predicted molar refractivity (Wildman–Crippen MR) is 87.9 cm³/mol. The van der Waals surface area contributed by atoms with E-state index in [0.717, 1.165) is 18.5 Å². The number of amides is 2. The van der Waals surface area contributed by atoms with E-state index in [0.29, 0.717) is 25.1 Å². The highest BCUT2D eigenvalue weighted by Gasteiger charge is 2.46. The third-order valence-corrected chi connectivity index (χ3v) is 4.42. The van der Waals surface area contributed by atoms with Crippen LogP contribution < -0.4 is 5.73 Å². The van der Waals surface area contributed by atoms with Crippen molar-refractivity contribution in [3.05, 3.63) is 35.4 Å². The summed E-state index contributed by atoms with van der Waals surface area (Å²) >= 11 is 0. The Kier molecular flexibility index (Phi) is 5.38. The first-order valence-corrected chi connectivity index (χ1v) is 7.75. The fraction of sp³-hybridized carbons (Fsp3) is 0.529. The Labute approximate surface area is 137 Å². The number of rotatable bonds is 6. The van der Waals surface area contributed by atoms with Gasteiger partial charge in [-0.05, 0) is 37.1 Å². The summed E-state index contributed by atoms with van der Waals surface area (Å²) in [5.74, 6) is -0.385. The molecule has 6 nitrogen and oxygen atoms in total. The molecule has 1 aliphatic heterocycles. The number of hydrogen-bond donors (Lipinski definition) is 1. The molecule has 1 aliphatic rings. The molecule has 2 amide bonds. The van der Waals surface area contributed by atoms with E-state index in [2.05, 4.69) is 4.90 Å². The van der Waals surface area contributed by atoms with Gasteiger partial charge >= 0.3 is 0 Å². The van der Waals surface area contributed by atoms with Crippen LogP contribution in [0.25, 0.3) is 0 Å². The maximum absolute atomic E-state index is 12.1. The third-order valence-electron chi connectivity index (χ3n) is 4.42. The summed E-state index contributed by atoms with van der Waals surface area (Å²) in [7, 11) is 5.04. The second kappa shape index (κ2) is 7.10. The number of nitrogens with zero attached hydrogens (tertiary/aromatic N) is 2. The summed E-state index contributed by atoms with van der Waals surface area (Å²) in [6, 6.07) is 7.50. The summed E-state index contributed by atoms with van der Waals surface area (Å²) in [6.07, 6.45) is 1.61. The van der Waals surface area contributed by atoms with Crippen molar-refractivity contribution in [3.8, 4) is 0 Å². The fourth-order valence-corrected chi connectivity index (χ4v) is 3.20. The van der Waals surface area contributed by atoms with E-state index < -0.39 is 5.54 Å². The monoisotopic (exact) mass is 319 g/mol. The van der Waals surface area contributed by atoms with Gasteiger partial charge in [-0.25, -0.2) is 0 Å². The first-order chi connectivity index (χ1) is 10.9. The van der Waals surface area contributed by atoms with E-state index in [1.54, 1.807) is 32.2 Å². The second-order valence-electron chi connectivity index (χ2n) is 6.25. The Balaban J connectivity index is 2.22. The Morgan fingerprint density at radius 2 is 2.13 bits per heavy atom. The minimum absolute atomic E-state index is 0.0358. The Morgan fingerprint density at radius 1 is 1.39 bits per heavy atom. The highest BCUT2D eigenvalue weighted by atomic mass is 16.5. The molecule has 0 radical (unpaired) electrons. The number of carbonyl (C=O) groups is 2. The number of hydrogen-bond acceptors (Lipinski definition) is 4. The molecule has 6 heteroatoms. The number of ether oxygens (including phenoxy) is 1. The molecule has 0 spiro atoms. The highest BCUT2D eigenvalue weighted by molar-refractivity contribution is 5.94. The van der Waals surface area contributed by atoms with Crippen LogP contribution in [0.2, 0.25) is 0 Å². The van der Waals surface area contributed by atoms with Crippen LogP contribution in [-0.4, -0.2) is 61.5 Å². The van der Waals surface area contributed by atoms with Crippen LogP contribution in [0.3, 0.4) is 0 Å². The second-order valence-corrected chi connectivity index (χ2v) is 6.25. The van der Waals surface area contributed by atoms with E-state index in [-0.39, 0.29) is 11.8 Å². The fourth-order valence-electron chi connectivity index (χ4n) is 3.20. The molecular formula is C17H25N3O3. The lowest BCUT2D eigenvalue weighted by Crippen LogP contribution is -2.56. The van der Waals surface area contributed by atoms with E-state index in [1.807, 2.05) is 18.2 Å². The van der Waals surface area contributed by atoms with Gasteiger partial charge < -0.3 is 15.4 Å². The number of nitrogens with two attached hydrogens (primary N) is 1. The number of primary amides is 1. The van der Waals surface area contributed by atoms with Gasteiger partial charge in [-0.15, -0.1) is 0 Å². The van der Waals surface area contributed by atoms with Crippen LogP contribution in [0, 0.1) is 0 Å². The molecule has 0 saturated carbocycles. The molecule has 2 rings (SSSR count). The van der Waals surface area contributed by atoms with Gasteiger partial charge in [0.2, 0.25) is 5.91 Å². The van der Waals surface area contributed by atoms with Gasteiger partial charge in [-0.3, -0.25) is 14.5 Å². The van der Waals surface area contributed by atoms with Gasteiger partial charge in [0.05, 0.1) is 6.61 Å². The molecule has 126 valence electrons. The quantitative estimate of drug-likeness (QED) is 0.843. The standard InChI is InChI=1S/C17H25N3O3/c1-19(2)15(21)14-7-4-6-13(10-14)11-20-9-5-8-17(20,12-23-3)16(18)22/h4,6-7,10H,5,8-9,11-12H2,1-3H3,(H2,18,22). The van der Waals surface area contributed by atoms with Crippen LogP contribution in [0.15, 0.2) is 24.3 Å². The molecule has 0 aliphatic carbocycles. The van der Waals surface area contributed by atoms with Crippen molar-refractivity contribution in [2.45, 2.75) is 24.9 Å². The Bertz CT molecular complexity index is 588. The van der Waals surface area contributed by atoms with Crippen molar-refractivity contribution in [2.75, 3.05) is 34.4 Å². The summed E-state index contributed by atoms with van der Waals surface area (Å²) in [4.78, 5) is 27.7. The Morgan fingerprint density at radius 3 is 2.74 bits per heavy atom. The smallest absolute Gasteiger partial charge is 0.253 e. The maximum Gasteiger partial charge on any atom is 0.253 e. The largest absolute Gasteiger partial charge is 0.382 e. The van der Waals surface area contributed by atoms with Gasteiger partial charge in [-0.1, -0.05) is 12.1 Å². The molecule has 1 heterocycles. The van der Waals surface area contributed by atoms with Crippen molar-refractivity contribution >= 4 is 11.8 Å². The zero-order valence-electron chi connectivity index (χ0n) is 14.0. The summed E-state index contributed by atoms with van der Waals surface area (Å²) in [5, 5.41) is 0. The van der Waals surface area contributed by atoms with Crippen molar-refractivity contribution in [2.24, 2.45) is 5.73 Å². The number of carbonyl (C=O) groups excluding carboxylic acids is 2. The lowest BCUT2D eigenvalue weighted by Gasteiger charge is -2.35. The first-order valence-electron chi connectivity index (χ1n) is 7.75. The van der Waals surface area contributed by atoms with Gasteiger partial charge in [0, 0.05) is 33.3 Å². The summed E-state index contributed by atoms with van der Waals surface area (Å²) in [6.45, 7) is 1.65. The maximum atomic E-state index is 12.1. The molecule has 1 aromatic rings. The molecule has 23 heavy (non-hydrogen) atoms. The van der Waals surface area contributed by atoms with Crippen LogP contribution in [-0.2, 0) is 16.1 Å². The van der Waals surface area contributed by atoms with Crippen LogP contribution in [0.5, 0.6) is 0 Å². The molecule has 1 unspecified atom stereocenters. The van der Waals surface area contributed by atoms with E-state index in [4.69, 9.17) is 10.5 Å². The summed E-state index contributed by atoms with van der Waals surface area (Å²) in [5.41, 5.74) is 6.53. The van der Waals surface area contributed by atoms with Crippen LogP contribution >= 0.6 is 0 Å². The van der Waals surface area contributed by atoms with Crippen LogP contribution in [0.4, 0.5) is 0 Å². The molecule has 2 N–H and O–H groups in total. The average molecular weight is 319 g/mol. The molecule has 1 atom stereocenters. The van der Waals surface area contributed by atoms with Crippen molar-refractivity contribution in [3.63, 3.8) is 0 Å². The SMILES string of the molecule is COCC1(C(N)=O)CCCN1Cc1cccc(C(=O)N(C)C)c1. The number of benzene rings is 1. The molecule has 1 saturated heterocycles. The molecule has 0 bridgehead atoms. The molecule has 0 aromatic heterocycles. The van der Waals surface area contributed by atoms with Crippen molar-refractivity contribution in [1.29, 1.82) is 0 Å². The highest BCUT2D eigenvalue weighted by Crippen LogP contribution is 2.31. The van der Waals surface area contributed by atoms with Gasteiger partial charge in [0.25, 0.3) is 5.91 Å². The third kappa shape index (κ3) is 3.54. The minimum Gasteiger partial charge on any atom is -0.382 e. The minimum atomic E-state index is -0.754. The lowest BCUT2D eigenvalue weighted by atomic mass is 9.95. The zero-order chi connectivity index (χ0) is 17.0. The molecule has 1 aromatic carbocycles. The Hall–Kier alpha value is -1.92.